The molecule has 3 rings (SSSR count). The van der Waals surface area contributed by atoms with Crippen molar-refractivity contribution in [2.24, 2.45) is 4.99 Å². The number of pyridine rings is 1. The standard InChI is InChI=1S/C22H31ClN6.HI/c1-4-24-22(26-14-17-8-5-6-9-18(17)15-28(2)3)27-19-11-13-29(16-19)21-20(23)10-7-12-25-21;/h5-10,12,19H,4,11,13-16H2,1-3H3,(H2,24,26,27);1H. The molecule has 2 aromatic rings. The highest BCUT2D eigenvalue weighted by atomic mass is 127. The van der Waals surface area contributed by atoms with Crippen LogP contribution < -0.4 is 15.5 Å². The van der Waals surface area contributed by atoms with E-state index in [0.29, 0.717) is 17.6 Å². The summed E-state index contributed by atoms with van der Waals surface area (Å²) in [4.78, 5) is 13.7. The van der Waals surface area contributed by atoms with Crippen molar-refractivity contribution in [3.63, 3.8) is 0 Å². The minimum absolute atomic E-state index is 0. The van der Waals surface area contributed by atoms with Crippen molar-refractivity contribution in [2.45, 2.75) is 32.5 Å². The molecule has 0 saturated carbocycles. The van der Waals surface area contributed by atoms with Crippen LogP contribution in [0.2, 0.25) is 5.02 Å². The molecule has 2 N–H and O–H groups in total. The first-order valence-electron chi connectivity index (χ1n) is 10.2. The SMILES string of the molecule is CCNC(=NCc1ccccc1CN(C)C)NC1CCN(c2ncccc2Cl)C1.I. The van der Waals surface area contributed by atoms with Gasteiger partial charge in [-0.3, -0.25) is 0 Å². The molecular weight excluding hydrogens is 511 g/mol. The number of nitrogens with zero attached hydrogens (tertiary/aromatic N) is 4. The lowest BCUT2D eigenvalue weighted by atomic mass is 10.1. The molecule has 1 saturated heterocycles. The fourth-order valence-electron chi connectivity index (χ4n) is 3.56. The maximum Gasteiger partial charge on any atom is 0.191 e. The van der Waals surface area contributed by atoms with Gasteiger partial charge in [-0.15, -0.1) is 24.0 Å². The van der Waals surface area contributed by atoms with E-state index in [-0.39, 0.29) is 24.0 Å². The fraction of sp³-hybridized carbons (Fsp3) is 0.455. The topological polar surface area (TPSA) is 55.8 Å². The number of hydrogen-bond donors (Lipinski definition) is 2. The van der Waals surface area contributed by atoms with Crippen LogP contribution in [0.5, 0.6) is 0 Å². The van der Waals surface area contributed by atoms with Crippen molar-refractivity contribution >= 4 is 47.4 Å². The largest absolute Gasteiger partial charge is 0.357 e. The van der Waals surface area contributed by atoms with E-state index >= 15 is 0 Å². The molecule has 0 aliphatic carbocycles. The molecule has 0 amide bonds. The highest BCUT2D eigenvalue weighted by Gasteiger charge is 2.25. The third kappa shape index (κ3) is 6.99. The van der Waals surface area contributed by atoms with Crippen LogP contribution >= 0.6 is 35.6 Å². The molecule has 1 fully saturated rings. The third-order valence-corrected chi connectivity index (χ3v) is 5.22. The first kappa shape index (κ1) is 24.7. The van der Waals surface area contributed by atoms with Crippen LogP contribution in [0.3, 0.4) is 0 Å². The van der Waals surface area contributed by atoms with Gasteiger partial charge in [0.1, 0.15) is 5.82 Å². The van der Waals surface area contributed by atoms with Gasteiger partial charge in [0, 0.05) is 38.4 Å². The van der Waals surface area contributed by atoms with E-state index in [0.717, 1.165) is 44.4 Å². The molecule has 1 aliphatic rings. The molecule has 30 heavy (non-hydrogen) atoms. The number of anilines is 1. The average Bonchev–Trinajstić information content (AvgIpc) is 3.15. The van der Waals surface area contributed by atoms with Crippen molar-refractivity contribution in [2.75, 3.05) is 38.6 Å². The molecule has 0 spiro atoms. The van der Waals surface area contributed by atoms with Crippen molar-refractivity contribution in [3.8, 4) is 0 Å². The van der Waals surface area contributed by atoms with E-state index in [1.807, 2.05) is 12.1 Å². The van der Waals surface area contributed by atoms with Gasteiger partial charge in [-0.25, -0.2) is 9.98 Å². The summed E-state index contributed by atoms with van der Waals surface area (Å²) in [6.45, 7) is 6.28. The summed E-state index contributed by atoms with van der Waals surface area (Å²) >= 11 is 6.31. The highest BCUT2D eigenvalue weighted by Crippen LogP contribution is 2.25. The predicted molar refractivity (Wildman–Crippen MR) is 137 cm³/mol. The van der Waals surface area contributed by atoms with Crippen LogP contribution in [0.25, 0.3) is 0 Å². The van der Waals surface area contributed by atoms with Gasteiger partial charge in [0.15, 0.2) is 5.96 Å². The van der Waals surface area contributed by atoms with Gasteiger partial charge in [0.25, 0.3) is 0 Å². The molecule has 0 radical (unpaired) electrons. The summed E-state index contributed by atoms with van der Waals surface area (Å²) in [6, 6.07) is 12.6. The number of aliphatic imine (C=N–C) groups is 1. The number of halogens is 2. The van der Waals surface area contributed by atoms with Crippen molar-refractivity contribution < 1.29 is 0 Å². The third-order valence-electron chi connectivity index (χ3n) is 4.92. The minimum Gasteiger partial charge on any atom is -0.357 e. The summed E-state index contributed by atoms with van der Waals surface area (Å²) in [5.41, 5.74) is 2.57. The summed E-state index contributed by atoms with van der Waals surface area (Å²) in [5.74, 6) is 1.71. The lowest BCUT2D eigenvalue weighted by Gasteiger charge is -2.20. The number of benzene rings is 1. The van der Waals surface area contributed by atoms with Crippen molar-refractivity contribution in [3.05, 3.63) is 58.7 Å². The summed E-state index contributed by atoms with van der Waals surface area (Å²) < 4.78 is 0. The molecule has 6 nitrogen and oxygen atoms in total. The van der Waals surface area contributed by atoms with Crippen LogP contribution in [-0.2, 0) is 13.1 Å². The lowest BCUT2D eigenvalue weighted by molar-refractivity contribution is 0.401. The predicted octanol–water partition coefficient (Wildman–Crippen LogP) is 3.75. The van der Waals surface area contributed by atoms with Gasteiger partial charge >= 0.3 is 0 Å². The van der Waals surface area contributed by atoms with E-state index in [2.05, 4.69) is 70.7 Å². The zero-order valence-electron chi connectivity index (χ0n) is 17.9. The lowest BCUT2D eigenvalue weighted by Crippen LogP contribution is -2.44. The maximum absolute atomic E-state index is 6.31. The summed E-state index contributed by atoms with van der Waals surface area (Å²) in [6.07, 6.45) is 2.81. The number of aromatic nitrogens is 1. The Labute approximate surface area is 202 Å². The van der Waals surface area contributed by atoms with Crippen LogP contribution in [0.1, 0.15) is 24.5 Å². The summed E-state index contributed by atoms with van der Waals surface area (Å²) in [7, 11) is 4.18. The molecule has 0 bridgehead atoms. The number of nitrogens with one attached hydrogen (secondary N) is 2. The van der Waals surface area contributed by atoms with Crippen LogP contribution in [-0.4, -0.2) is 55.6 Å². The Morgan fingerprint density at radius 2 is 2.00 bits per heavy atom. The van der Waals surface area contributed by atoms with Gasteiger partial charge in [-0.1, -0.05) is 35.9 Å². The molecule has 164 valence electrons. The Balaban J connectivity index is 0.00000320. The fourth-order valence-corrected chi connectivity index (χ4v) is 3.81. The Morgan fingerprint density at radius 1 is 1.23 bits per heavy atom. The Morgan fingerprint density at radius 3 is 2.70 bits per heavy atom. The first-order valence-corrected chi connectivity index (χ1v) is 10.6. The number of hydrogen-bond acceptors (Lipinski definition) is 4. The molecule has 1 atom stereocenters. The first-order chi connectivity index (χ1) is 14.1. The Hall–Kier alpha value is -1.58. The Bertz CT molecular complexity index is 829. The van der Waals surface area contributed by atoms with E-state index in [4.69, 9.17) is 16.6 Å². The van der Waals surface area contributed by atoms with Gasteiger partial charge in [0.2, 0.25) is 0 Å². The highest BCUT2D eigenvalue weighted by molar-refractivity contribution is 14.0. The van der Waals surface area contributed by atoms with E-state index in [1.54, 1.807) is 6.20 Å². The summed E-state index contributed by atoms with van der Waals surface area (Å²) in [5, 5.41) is 7.66. The molecule has 1 unspecified atom stereocenters. The van der Waals surface area contributed by atoms with Gasteiger partial charge < -0.3 is 20.4 Å². The number of guanidine groups is 1. The molecular formula is C22H32ClIN6. The molecule has 1 aliphatic heterocycles. The van der Waals surface area contributed by atoms with Crippen molar-refractivity contribution in [1.29, 1.82) is 0 Å². The smallest absolute Gasteiger partial charge is 0.191 e. The zero-order chi connectivity index (χ0) is 20.6. The second-order valence-electron chi connectivity index (χ2n) is 7.59. The Kier molecular flexibility index (Phi) is 10.1. The minimum atomic E-state index is 0. The molecule has 2 heterocycles. The second-order valence-corrected chi connectivity index (χ2v) is 7.99. The zero-order valence-corrected chi connectivity index (χ0v) is 21.0. The van der Waals surface area contributed by atoms with Gasteiger partial charge in [0.05, 0.1) is 11.6 Å². The molecule has 1 aromatic heterocycles. The maximum atomic E-state index is 6.31. The number of rotatable bonds is 7. The van der Waals surface area contributed by atoms with Crippen LogP contribution in [0.15, 0.2) is 47.6 Å². The average molecular weight is 543 g/mol. The second kappa shape index (κ2) is 12.3. The van der Waals surface area contributed by atoms with Gasteiger partial charge in [-0.2, -0.15) is 0 Å². The van der Waals surface area contributed by atoms with Gasteiger partial charge in [-0.05, 0) is 50.7 Å². The van der Waals surface area contributed by atoms with Crippen LogP contribution in [0.4, 0.5) is 5.82 Å². The van der Waals surface area contributed by atoms with E-state index in [1.165, 1.54) is 11.1 Å². The molecule has 1 aromatic carbocycles. The van der Waals surface area contributed by atoms with E-state index < -0.39 is 0 Å². The van der Waals surface area contributed by atoms with Crippen LogP contribution in [0, 0.1) is 0 Å². The quantitative estimate of drug-likeness (QED) is 0.317. The molecule has 8 heteroatoms. The monoisotopic (exact) mass is 542 g/mol. The van der Waals surface area contributed by atoms with Crippen molar-refractivity contribution in [1.82, 2.24) is 20.5 Å². The normalized spacial score (nSPS) is 16.5. The van der Waals surface area contributed by atoms with E-state index in [9.17, 15) is 0 Å².